The Bertz CT molecular complexity index is 789. The summed E-state index contributed by atoms with van der Waals surface area (Å²) in [6, 6.07) is 8.65. The zero-order valence-electron chi connectivity index (χ0n) is 18.3. The number of hydrogen-bond donors (Lipinski definition) is 2. The molecule has 2 heterocycles. The number of aryl methyl sites for hydroxylation is 1. The molecule has 2 aromatic rings. The number of piperidine rings is 1. The van der Waals surface area contributed by atoms with Gasteiger partial charge in [-0.25, -0.2) is 0 Å². The minimum absolute atomic E-state index is 0.0496. The van der Waals surface area contributed by atoms with E-state index in [1.165, 1.54) is 10.9 Å². The Morgan fingerprint density at radius 3 is 2.50 bits per heavy atom. The van der Waals surface area contributed by atoms with Gasteiger partial charge in [-0.3, -0.25) is 4.79 Å². The van der Waals surface area contributed by atoms with Gasteiger partial charge in [0, 0.05) is 47.2 Å². The van der Waals surface area contributed by atoms with Crippen LogP contribution in [0.2, 0.25) is 0 Å². The van der Waals surface area contributed by atoms with Gasteiger partial charge in [0.25, 0.3) is 0 Å². The van der Waals surface area contributed by atoms with Crippen molar-refractivity contribution in [1.29, 1.82) is 0 Å². The fourth-order valence-electron chi connectivity index (χ4n) is 5.05. The molecule has 1 aliphatic rings. The van der Waals surface area contributed by atoms with Gasteiger partial charge in [-0.05, 0) is 65.0 Å². The largest absolute Gasteiger partial charge is 0.361 e. The minimum atomic E-state index is 0.0496. The summed E-state index contributed by atoms with van der Waals surface area (Å²) in [5.41, 5.74) is 2.49. The van der Waals surface area contributed by atoms with Crippen LogP contribution >= 0.6 is 0 Å². The van der Waals surface area contributed by atoms with Crippen LogP contribution in [0.1, 0.15) is 72.3 Å². The first-order valence-corrected chi connectivity index (χ1v) is 10.8. The van der Waals surface area contributed by atoms with Gasteiger partial charge < -0.3 is 15.2 Å². The molecule has 2 N–H and O–H groups in total. The number of unbranched alkanes of at least 4 members (excludes halogenated alkanes) is 1. The number of H-pyrrole nitrogens is 1. The molecule has 1 amide bonds. The lowest BCUT2D eigenvalue weighted by molar-refractivity contribution is -0.135. The molecule has 0 unspecified atom stereocenters. The SMILES string of the molecule is CCCCN(C(=O)CCc1c[nH]c2ccccc12)C1CC(C)(C)NC(C)(C)C1. The van der Waals surface area contributed by atoms with E-state index in [0.717, 1.165) is 44.2 Å². The highest BCUT2D eigenvalue weighted by Gasteiger charge is 2.40. The maximum Gasteiger partial charge on any atom is 0.223 e. The zero-order valence-corrected chi connectivity index (χ0v) is 18.3. The Hall–Kier alpha value is -1.81. The number of nitrogens with zero attached hydrogens (tertiary/aromatic N) is 1. The van der Waals surface area contributed by atoms with Crippen LogP contribution in [0.15, 0.2) is 30.5 Å². The first kappa shape index (κ1) is 20.9. The van der Waals surface area contributed by atoms with Crippen molar-refractivity contribution in [3.8, 4) is 0 Å². The number of carbonyl (C=O) groups excluding carboxylic acids is 1. The van der Waals surface area contributed by atoms with E-state index in [4.69, 9.17) is 0 Å². The van der Waals surface area contributed by atoms with Crippen LogP contribution in [0.5, 0.6) is 0 Å². The molecular weight excluding hydrogens is 346 g/mol. The average molecular weight is 384 g/mol. The summed E-state index contributed by atoms with van der Waals surface area (Å²) in [6.07, 6.45) is 7.65. The first-order valence-electron chi connectivity index (χ1n) is 10.8. The summed E-state index contributed by atoms with van der Waals surface area (Å²) in [5.74, 6) is 0.303. The molecule has 1 aromatic heterocycles. The predicted molar refractivity (Wildman–Crippen MR) is 118 cm³/mol. The summed E-state index contributed by atoms with van der Waals surface area (Å²) in [4.78, 5) is 18.8. The van der Waals surface area contributed by atoms with Crippen LogP contribution in [0.3, 0.4) is 0 Å². The smallest absolute Gasteiger partial charge is 0.223 e. The van der Waals surface area contributed by atoms with Crippen molar-refractivity contribution in [2.24, 2.45) is 0 Å². The van der Waals surface area contributed by atoms with Gasteiger partial charge in [-0.15, -0.1) is 0 Å². The van der Waals surface area contributed by atoms with Crippen molar-refractivity contribution in [1.82, 2.24) is 15.2 Å². The van der Waals surface area contributed by atoms with E-state index < -0.39 is 0 Å². The molecule has 154 valence electrons. The molecule has 0 atom stereocenters. The Balaban J connectivity index is 1.72. The lowest BCUT2D eigenvalue weighted by atomic mass is 9.79. The minimum Gasteiger partial charge on any atom is -0.361 e. The molecule has 1 aliphatic heterocycles. The van der Waals surface area contributed by atoms with E-state index >= 15 is 0 Å². The second-order valence-electron chi connectivity index (χ2n) is 9.76. The lowest BCUT2D eigenvalue weighted by Gasteiger charge is -2.49. The molecule has 0 bridgehead atoms. The first-order chi connectivity index (χ1) is 13.2. The number of hydrogen-bond acceptors (Lipinski definition) is 2. The van der Waals surface area contributed by atoms with Crippen molar-refractivity contribution >= 4 is 16.8 Å². The van der Waals surface area contributed by atoms with Crippen molar-refractivity contribution < 1.29 is 4.79 Å². The average Bonchev–Trinajstić information content (AvgIpc) is 3.01. The fourth-order valence-corrected chi connectivity index (χ4v) is 5.05. The molecule has 4 nitrogen and oxygen atoms in total. The standard InChI is InChI=1S/C24H37N3O/c1-6-7-14-27(19-15-23(2,3)26-24(4,5)16-19)22(28)13-12-18-17-25-21-11-9-8-10-20(18)21/h8-11,17,19,25-26H,6-7,12-16H2,1-5H3. The van der Waals surface area contributed by atoms with E-state index in [0.29, 0.717) is 18.4 Å². The molecule has 0 aliphatic carbocycles. The molecule has 1 saturated heterocycles. The van der Waals surface area contributed by atoms with E-state index in [2.05, 4.69) is 74.2 Å². The van der Waals surface area contributed by atoms with E-state index in [-0.39, 0.29) is 11.1 Å². The number of fused-ring (bicyclic) bond motifs is 1. The number of aromatic nitrogens is 1. The van der Waals surface area contributed by atoms with Crippen molar-refractivity contribution in [2.45, 2.75) is 90.3 Å². The normalized spacial score (nSPS) is 19.0. The molecule has 0 spiro atoms. The highest BCUT2D eigenvalue weighted by Crippen LogP contribution is 2.32. The van der Waals surface area contributed by atoms with E-state index in [9.17, 15) is 4.79 Å². The predicted octanol–water partition coefficient (Wildman–Crippen LogP) is 5.04. The fraction of sp³-hybridized carbons (Fsp3) is 0.625. The highest BCUT2D eigenvalue weighted by molar-refractivity contribution is 5.84. The summed E-state index contributed by atoms with van der Waals surface area (Å²) in [7, 11) is 0. The van der Waals surface area contributed by atoms with Crippen LogP contribution in [-0.4, -0.2) is 39.5 Å². The van der Waals surface area contributed by atoms with Gasteiger partial charge in [-0.2, -0.15) is 0 Å². The second-order valence-corrected chi connectivity index (χ2v) is 9.76. The number of carbonyl (C=O) groups is 1. The van der Waals surface area contributed by atoms with Gasteiger partial charge in [0.1, 0.15) is 0 Å². The maximum atomic E-state index is 13.3. The Kier molecular flexibility index (Phi) is 6.18. The Labute approximate surface area is 170 Å². The van der Waals surface area contributed by atoms with Crippen molar-refractivity contribution in [3.63, 3.8) is 0 Å². The zero-order chi connectivity index (χ0) is 20.4. The summed E-state index contributed by atoms with van der Waals surface area (Å²) in [6.45, 7) is 12.1. The number of nitrogens with one attached hydrogen (secondary N) is 2. The van der Waals surface area contributed by atoms with Gasteiger partial charge in [0.2, 0.25) is 5.91 Å². The summed E-state index contributed by atoms with van der Waals surface area (Å²) < 4.78 is 0. The van der Waals surface area contributed by atoms with E-state index in [1.807, 2.05) is 6.07 Å². The third-order valence-electron chi connectivity index (χ3n) is 5.97. The third-order valence-corrected chi connectivity index (χ3v) is 5.97. The molecule has 3 rings (SSSR count). The topological polar surface area (TPSA) is 48.1 Å². The van der Waals surface area contributed by atoms with Crippen LogP contribution in [-0.2, 0) is 11.2 Å². The second kappa shape index (κ2) is 8.28. The molecule has 4 heteroatoms. The number of rotatable bonds is 7. The number of amides is 1. The molecule has 0 radical (unpaired) electrons. The molecular formula is C24H37N3O. The molecule has 1 fully saturated rings. The maximum absolute atomic E-state index is 13.3. The number of benzene rings is 1. The Morgan fingerprint density at radius 1 is 1.14 bits per heavy atom. The van der Waals surface area contributed by atoms with Gasteiger partial charge >= 0.3 is 0 Å². The molecule has 0 saturated carbocycles. The summed E-state index contributed by atoms with van der Waals surface area (Å²) >= 11 is 0. The Morgan fingerprint density at radius 2 is 1.82 bits per heavy atom. The van der Waals surface area contributed by atoms with Crippen LogP contribution in [0, 0.1) is 0 Å². The quantitative estimate of drug-likeness (QED) is 0.704. The lowest BCUT2D eigenvalue weighted by Crippen LogP contribution is -2.62. The van der Waals surface area contributed by atoms with Crippen LogP contribution in [0.25, 0.3) is 10.9 Å². The monoisotopic (exact) mass is 383 g/mol. The highest BCUT2D eigenvalue weighted by atomic mass is 16.2. The third kappa shape index (κ3) is 4.96. The molecule has 28 heavy (non-hydrogen) atoms. The van der Waals surface area contributed by atoms with Crippen molar-refractivity contribution in [2.75, 3.05) is 6.54 Å². The molecule has 1 aromatic carbocycles. The van der Waals surface area contributed by atoms with Crippen LogP contribution in [0.4, 0.5) is 0 Å². The number of aromatic amines is 1. The van der Waals surface area contributed by atoms with Crippen molar-refractivity contribution in [3.05, 3.63) is 36.0 Å². The van der Waals surface area contributed by atoms with E-state index in [1.54, 1.807) is 0 Å². The van der Waals surface area contributed by atoms with Gasteiger partial charge in [-0.1, -0.05) is 31.5 Å². The number of para-hydroxylation sites is 1. The van der Waals surface area contributed by atoms with Crippen LogP contribution < -0.4 is 5.32 Å². The van der Waals surface area contributed by atoms with Gasteiger partial charge in [0.05, 0.1) is 0 Å². The van der Waals surface area contributed by atoms with Gasteiger partial charge in [0.15, 0.2) is 0 Å². The summed E-state index contributed by atoms with van der Waals surface area (Å²) in [5, 5.41) is 4.98.